The zero-order valence-corrected chi connectivity index (χ0v) is 7.96. The molecule has 1 saturated heterocycles. The Labute approximate surface area is 79.5 Å². The van der Waals surface area contributed by atoms with Crippen LogP contribution in [0.4, 0.5) is 0 Å². The van der Waals surface area contributed by atoms with Crippen LogP contribution in [0, 0.1) is 17.3 Å². The summed E-state index contributed by atoms with van der Waals surface area (Å²) in [5, 5.41) is 0. The summed E-state index contributed by atoms with van der Waals surface area (Å²) in [6, 6.07) is 0. The summed E-state index contributed by atoms with van der Waals surface area (Å²) in [4.78, 5) is 0. The minimum atomic E-state index is 0.332. The summed E-state index contributed by atoms with van der Waals surface area (Å²) in [5.74, 6) is 1.48. The molecule has 1 saturated carbocycles. The Kier molecular flexibility index (Phi) is 1.49. The van der Waals surface area contributed by atoms with E-state index in [-0.39, 0.29) is 0 Å². The van der Waals surface area contributed by atoms with Gasteiger partial charge in [-0.25, -0.2) is 0 Å². The highest BCUT2D eigenvalue weighted by molar-refractivity contribution is 5.30. The summed E-state index contributed by atoms with van der Waals surface area (Å²) in [5.41, 5.74) is 1.79. The van der Waals surface area contributed by atoms with Crippen molar-refractivity contribution in [3.05, 3.63) is 24.3 Å². The smallest absolute Gasteiger partial charge is 0.0571 e. The molecule has 1 heterocycles. The highest BCUT2D eigenvalue weighted by atomic mass is 16.5. The lowest BCUT2D eigenvalue weighted by atomic mass is 9.69. The second kappa shape index (κ2) is 2.48. The fourth-order valence-corrected chi connectivity index (χ4v) is 3.46. The predicted octanol–water partition coefficient (Wildman–Crippen LogP) is 2.55. The van der Waals surface area contributed by atoms with Gasteiger partial charge in [-0.2, -0.15) is 0 Å². The summed E-state index contributed by atoms with van der Waals surface area (Å²) < 4.78 is 5.66. The fourth-order valence-electron chi connectivity index (χ4n) is 3.46. The van der Waals surface area contributed by atoms with Crippen LogP contribution in [0.3, 0.4) is 0 Å². The van der Waals surface area contributed by atoms with Crippen LogP contribution in [0.25, 0.3) is 0 Å². The Balaban J connectivity index is 2.00. The van der Waals surface area contributed by atoms with Crippen LogP contribution in [-0.2, 0) is 4.74 Å². The van der Waals surface area contributed by atoms with E-state index in [1.807, 2.05) is 0 Å². The van der Waals surface area contributed by atoms with E-state index in [9.17, 15) is 0 Å². The van der Waals surface area contributed by atoms with E-state index in [2.05, 4.69) is 18.7 Å². The maximum absolute atomic E-state index is 5.66. The first kappa shape index (κ1) is 7.81. The molecule has 1 nitrogen and oxygen atoms in total. The van der Waals surface area contributed by atoms with Crippen LogP contribution in [0.15, 0.2) is 24.3 Å². The van der Waals surface area contributed by atoms with Gasteiger partial charge < -0.3 is 4.74 Å². The molecule has 70 valence electrons. The topological polar surface area (TPSA) is 9.23 Å². The van der Waals surface area contributed by atoms with Gasteiger partial charge in [0, 0.05) is 5.41 Å². The first-order valence-electron chi connectivity index (χ1n) is 5.28. The number of ether oxygens (including phenoxy) is 1. The monoisotopic (exact) mass is 176 g/mol. The van der Waals surface area contributed by atoms with E-state index in [4.69, 9.17) is 4.74 Å². The molecule has 0 aromatic rings. The van der Waals surface area contributed by atoms with Crippen molar-refractivity contribution in [1.29, 1.82) is 0 Å². The Bertz CT molecular complexity index is 263. The van der Waals surface area contributed by atoms with E-state index in [1.165, 1.54) is 18.4 Å². The largest absolute Gasteiger partial charge is 0.380 e. The van der Waals surface area contributed by atoms with E-state index < -0.39 is 0 Å². The highest BCUT2D eigenvalue weighted by Crippen LogP contribution is 2.59. The van der Waals surface area contributed by atoms with Crippen LogP contribution < -0.4 is 0 Å². The standard InChI is InChI=1S/C12H16O/c1-9-6-7-13-8-12(9)10-2-3-11(12)5-4-10/h2-3,10-11H,1,4-8H2/t10-,11-/m0/s1. The second-order valence-electron chi connectivity index (χ2n) is 4.62. The zero-order chi connectivity index (χ0) is 8.89. The molecule has 0 aromatic heterocycles. The van der Waals surface area contributed by atoms with E-state index in [0.717, 1.165) is 31.5 Å². The molecular weight excluding hydrogens is 160 g/mol. The molecule has 2 bridgehead atoms. The molecule has 0 amide bonds. The molecular formula is C12H16O. The lowest BCUT2D eigenvalue weighted by molar-refractivity contribution is 0.0114. The van der Waals surface area contributed by atoms with Crippen LogP contribution in [-0.4, -0.2) is 13.2 Å². The molecule has 0 N–H and O–H groups in total. The Morgan fingerprint density at radius 2 is 2.00 bits per heavy atom. The van der Waals surface area contributed by atoms with Crippen molar-refractivity contribution in [2.45, 2.75) is 19.3 Å². The lowest BCUT2D eigenvalue weighted by Gasteiger charge is -2.40. The maximum atomic E-state index is 5.66. The van der Waals surface area contributed by atoms with E-state index in [0.29, 0.717) is 5.41 Å². The summed E-state index contributed by atoms with van der Waals surface area (Å²) >= 11 is 0. The Morgan fingerprint density at radius 3 is 2.54 bits per heavy atom. The molecule has 0 aromatic carbocycles. The summed E-state index contributed by atoms with van der Waals surface area (Å²) in [7, 11) is 0. The van der Waals surface area contributed by atoms with Gasteiger partial charge in [-0.05, 0) is 31.1 Å². The minimum absolute atomic E-state index is 0.332. The zero-order valence-electron chi connectivity index (χ0n) is 7.96. The first-order chi connectivity index (χ1) is 6.34. The molecule has 2 atom stereocenters. The highest BCUT2D eigenvalue weighted by Gasteiger charge is 2.53. The lowest BCUT2D eigenvalue weighted by Crippen LogP contribution is -2.38. The van der Waals surface area contributed by atoms with Gasteiger partial charge >= 0.3 is 0 Å². The molecule has 3 aliphatic rings. The molecule has 1 aliphatic heterocycles. The molecule has 2 aliphatic carbocycles. The van der Waals surface area contributed by atoms with Gasteiger partial charge in [0.2, 0.25) is 0 Å². The second-order valence-corrected chi connectivity index (χ2v) is 4.62. The summed E-state index contributed by atoms with van der Waals surface area (Å²) in [6.07, 6.45) is 8.57. The third-order valence-electron chi connectivity index (χ3n) is 4.24. The third kappa shape index (κ3) is 0.812. The quantitative estimate of drug-likeness (QED) is 0.515. The molecule has 0 radical (unpaired) electrons. The van der Waals surface area contributed by atoms with Crippen LogP contribution in [0.1, 0.15) is 19.3 Å². The molecule has 1 spiro atoms. The third-order valence-corrected chi connectivity index (χ3v) is 4.24. The molecule has 13 heavy (non-hydrogen) atoms. The number of rotatable bonds is 0. The Hall–Kier alpha value is -0.560. The van der Waals surface area contributed by atoms with Crippen molar-refractivity contribution >= 4 is 0 Å². The van der Waals surface area contributed by atoms with Crippen LogP contribution >= 0.6 is 0 Å². The van der Waals surface area contributed by atoms with Gasteiger partial charge in [0.25, 0.3) is 0 Å². The van der Waals surface area contributed by atoms with Crippen LogP contribution in [0.2, 0.25) is 0 Å². The number of hydrogen-bond acceptors (Lipinski definition) is 1. The molecule has 2 fully saturated rings. The molecule has 3 rings (SSSR count). The summed E-state index contributed by atoms with van der Waals surface area (Å²) in [6.45, 7) is 6.08. The van der Waals surface area contributed by atoms with Crippen molar-refractivity contribution in [1.82, 2.24) is 0 Å². The normalized spacial score (nSPS) is 47.8. The van der Waals surface area contributed by atoms with Crippen molar-refractivity contribution in [2.75, 3.05) is 13.2 Å². The maximum Gasteiger partial charge on any atom is 0.0571 e. The SMILES string of the molecule is C=C1CCOCC12[C@H]1C=C[C@H]2CC1. The van der Waals surface area contributed by atoms with Crippen molar-refractivity contribution in [3.8, 4) is 0 Å². The minimum Gasteiger partial charge on any atom is -0.380 e. The fraction of sp³-hybridized carbons (Fsp3) is 0.667. The average molecular weight is 176 g/mol. The van der Waals surface area contributed by atoms with Gasteiger partial charge in [-0.1, -0.05) is 24.3 Å². The van der Waals surface area contributed by atoms with Gasteiger partial charge in [0.15, 0.2) is 0 Å². The first-order valence-corrected chi connectivity index (χ1v) is 5.28. The predicted molar refractivity (Wildman–Crippen MR) is 52.4 cm³/mol. The van der Waals surface area contributed by atoms with Gasteiger partial charge in [0.05, 0.1) is 13.2 Å². The van der Waals surface area contributed by atoms with E-state index in [1.54, 1.807) is 0 Å². The average Bonchev–Trinajstić information content (AvgIpc) is 2.67. The van der Waals surface area contributed by atoms with Crippen molar-refractivity contribution in [3.63, 3.8) is 0 Å². The number of allylic oxidation sites excluding steroid dienone is 2. The Morgan fingerprint density at radius 1 is 1.31 bits per heavy atom. The molecule has 0 unspecified atom stereocenters. The van der Waals surface area contributed by atoms with Crippen molar-refractivity contribution in [2.24, 2.45) is 17.3 Å². The van der Waals surface area contributed by atoms with Gasteiger partial charge in [-0.15, -0.1) is 0 Å². The molecule has 1 heteroatoms. The van der Waals surface area contributed by atoms with Gasteiger partial charge in [0.1, 0.15) is 0 Å². The van der Waals surface area contributed by atoms with Crippen LogP contribution in [0.5, 0.6) is 0 Å². The van der Waals surface area contributed by atoms with Crippen molar-refractivity contribution < 1.29 is 4.74 Å². The number of hydrogen-bond donors (Lipinski definition) is 0. The van der Waals surface area contributed by atoms with Gasteiger partial charge in [-0.3, -0.25) is 0 Å². The van der Waals surface area contributed by atoms with E-state index >= 15 is 0 Å².